The maximum Gasteiger partial charge on any atom is 0.257 e. The lowest BCUT2D eigenvalue weighted by Crippen LogP contribution is -2.42. The summed E-state index contributed by atoms with van der Waals surface area (Å²) in [7, 11) is 1.87. The second kappa shape index (κ2) is 8.90. The van der Waals surface area contributed by atoms with Crippen LogP contribution in [0, 0.1) is 6.92 Å². The molecule has 0 atom stereocenters. The smallest absolute Gasteiger partial charge is 0.257 e. The molecular formula is C25H29N7O2. The van der Waals surface area contributed by atoms with Gasteiger partial charge in [0.2, 0.25) is 0 Å². The number of imidazole rings is 1. The quantitative estimate of drug-likeness (QED) is 0.430. The van der Waals surface area contributed by atoms with Crippen molar-refractivity contribution in [3.63, 3.8) is 0 Å². The molecule has 1 saturated heterocycles. The van der Waals surface area contributed by atoms with Gasteiger partial charge in [0.05, 0.1) is 22.5 Å². The number of pyridine rings is 1. The molecule has 1 fully saturated rings. The van der Waals surface area contributed by atoms with Crippen molar-refractivity contribution < 1.29 is 9.59 Å². The molecule has 2 N–H and O–H groups in total. The average molecular weight is 460 g/mol. The SMILES string of the molecule is CCNC1CCN(c2ccc(C(=O)Nc3cc(C=O)c4nc(C)cn4c3)c3nn(C)cc23)CC1. The van der Waals surface area contributed by atoms with E-state index in [0.29, 0.717) is 34.0 Å². The highest BCUT2D eigenvalue weighted by Crippen LogP contribution is 2.31. The number of aryl methyl sites for hydroxylation is 2. The van der Waals surface area contributed by atoms with Crippen LogP contribution in [-0.2, 0) is 7.05 Å². The van der Waals surface area contributed by atoms with Gasteiger partial charge in [-0.05, 0) is 44.5 Å². The van der Waals surface area contributed by atoms with Crippen LogP contribution in [0.3, 0.4) is 0 Å². The van der Waals surface area contributed by atoms with Crippen LogP contribution in [0.15, 0.2) is 36.8 Å². The summed E-state index contributed by atoms with van der Waals surface area (Å²) in [5, 5.41) is 12.1. The van der Waals surface area contributed by atoms with Crippen molar-refractivity contribution in [3.8, 4) is 0 Å². The minimum Gasteiger partial charge on any atom is -0.371 e. The number of piperidine rings is 1. The fraction of sp³-hybridized carbons (Fsp3) is 0.360. The number of fused-ring (bicyclic) bond motifs is 2. The molecular weight excluding hydrogens is 430 g/mol. The first-order chi connectivity index (χ1) is 16.5. The fourth-order valence-corrected chi connectivity index (χ4v) is 4.88. The number of hydrogen-bond acceptors (Lipinski definition) is 6. The van der Waals surface area contributed by atoms with Gasteiger partial charge in [0.15, 0.2) is 6.29 Å². The number of carbonyl (C=O) groups is 2. The van der Waals surface area contributed by atoms with E-state index in [9.17, 15) is 9.59 Å². The van der Waals surface area contributed by atoms with Crippen LogP contribution >= 0.6 is 0 Å². The lowest BCUT2D eigenvalue weighted by atomic mass is 10.0. The number of anilines is 2. The van der Waals surface area contributed by atoms with Gasteiger partial charge >= 0.3 is 0 Å². The van der Waals surface area contributed by atoms with Gasteiger partial charge < -0.3 is 19.9 Å². The summed E-state index contributed by atoms with van der Waals surface area (Å²) in [6, 6.07) is 6.07. The van der Waals surface area contributed by atoms with Gasteiger partial charge in [-0.2, -0.15) is 5.10 Å². The normalized spacial score (nSPS) is 14.7. The molecule has 0 radical (unpaired) electrons. The number of aldehydes is 1. The third-order valence-corrected chi connectivity index (χ3v) is 6.43. The Hall–Kier alpha value is -3.72. The molecule has 1 amide bonds. The molecule has 4 aromatic rings. The van der Waals surface area contributed by atoms with E-state index < -0.39 is 0 Å². The summed E-state index contributed by atoms with van der Waals surface area (Å²) in [6.45, 7) is 6.92. The highest BCUT2D eigenvalue weighted by Gasteiger charge is 2.23. The topological polar surface area (TPSA) is 96.6 Å². The number of nitrogens with zero attached hydrogens (tertiary/aromatic N) is 5. The van der Waals surface area contributed by atoms with E-state index in [4.69, 9.17) is 0 Å². The Labute approximate surface area is 197 Å². The van der Waals surface area contributed by atoms with E-state index in [2.05, 4.69) is 32.5 Å². The number of amides is 1. The van der Waals surface area contributed by atoms with E-state index in [1.54, 1.807) is 21.3 Å². The average Bonchev–Trinajstić information content (AvgIpc) is 3.39. The maximum atomic E-state index is 13.3. The van der Waals surface area contributed by atoms with Crippen LogP contribution < -0.4 is 15.5 Å². The molecule has 0 saturated carbocycles. The predicted molar refractivity (Wildman–Crippen MR) is 133 cm³/mol. The molecule has 176 valence electrons. The lowest BCUT2D eigenvalue weighted by Gasteiger charge is -2.34. The van der Waals surface area contributed by atoms with Crippen molar-refractivity contribution in [1.82, 2.24) is 24.5 Å². The number of nitrogens with one attached hydrogen (secondary N) is 2. The lowest BCUT2D eigenvalue weighted by molar-refractivity contribution is 0.102. The number of hydrogen-bond donors (Lipinski definition) is 2. The summed E-state index contributed by atoms with van der Waals surface area (Å²) >= 11 is 0. The zero-order valence-electron chi connectivity index (χ0n) is 19.7. The molecule has 0 spiro atoms. The van der Waals surface area contributed by atoms with Crippen molar-refractivity contribution in [2.24, 2.45) is 7.05 Å². The van der Waals surface area contributed by atoms with Crippen LogP contribution in [0.25, 0.3) is 16.6 Å². The molecule has 34 heavy (non-hydrogen) atoms. The highest BCUT2D eigenvalue weighted by atomic mass is 16.1. The van der Waals surface area contributed by atoms with Crippen LogP contribution in [-0.4, -0.2) is 57.0 Å². The largest absolute Gasteiger partial charge is 0.371 e. The Bertz CT molecular complexity index is 1380. The third-order valence-electron chi connectivity index (χ3n) is 6.43. The van der Waals surface area contributed by atoms with Crippen molar-refractivity contribution >= 4 is 40.1 Å². The number of rotatable bonds is 6. The minimum absolute atomic E-state index is 0.269. The van der Waals surface area contributed by atoms with Gasteiger partial charge in [-0.3, -0.25) is 14.3 Å². The molecule has 1 aliphatic heterocycles. The van der Waals surface area contributed by atoms with Gasteiger partial charge in [0.25, 0.3) is 5.91 Å². The van der Waals surface area contributed by atoms with Crippen LogP contribution in [0.1, 0.15) is 46.2 Å². The molecule has 0 aliphatic carbocycles. The Kier molecular flexibility index (Phi) is 5.79. The second-order valence-electron chi connectivity index (χ2n) is 8.89. The number of benzene rings is 1. The van der Waals surface area contributed by atoms with Crippen LogP contribution in [0.2, 0.25) is 0 Å². The Morgan fingerprint density at radius 3 is 2.74 bits per heavy atom. The van der Waals surface area contributed by atoms with Gasteiger partial charge in [-0.15, -0.1) is 0 Å². The van der Waals surface area contributed by atoms with Crippen molar-refractivity contribution in [2.75, 3.05) is 29.9 Å². The first-order valence-corrected chi connectivity index (χ1v) is 11.7. The summed E-state index contributed by atoms with van der Waals surface area (Å²) in [5.41, 5.74) is 4.58. The van der Waals surface area contributed by atoms with Crippen LogP contribution in [0.5, 0.6) is 0 Å². The zero-order valence-corrected chi connectivity index (χ0v) is 19.7. The van der Waals surface area contributed by atoms with Gasteiger partial charge in [-0.1, -0.05) is 6.92 Å². The molecule has 1 aromatic carbocycles. The molecule has 1 aliphatic rings. The molecule has 9 nitrogen and oxygen atoms in total. The first-order valence-electron chi connectivity index (χ1n) is 11.7. The minimum atomic E-state index is -0.269. The fourth-order valence-electron chi connectivity index (χ4n) is 4.88. The molecule has 4 heterocycles. The maximum absolute atomic E-state index is 13.3. The summed E-state index contributed by atoms with van der Waals surface area (Å²) in [4.78, 5) is 31.6. The Morgan fingerprint density at radius 2 is 2.00 bits per heavy atom. The highest BCUT2D eigenvalue weighted by molar-refractivity contribution is 6.14. The van der Waals surface area contributed by atoms with Gasteiger partial charge in [0.1, 0.15) is 11.2 Å². The van der Waals surface area contributed by atoms with Crippen molar-refractivity contribution in [1.29, 1.82) is 0 Å². The number of carbonyl (C=O) groups excluding carboxylic acids is 2. The van der Waals surface area contributed by atoms with E-state index in [1.807, 2.05) is 38.5 Å². The summed E-state index contributed by atoms with van der Waals surface area (Å²) in [6.07, 6.45) is 8.49. The van der Waals surface area contributed by atoms with E-state index in [-0.39, 0.29) is 5.91 Å². The molecule has 9 heteroatoms. The van der Waals surface area contributed by atoms with E-state index >= 15 is 0 Å². The summed E-state index contributed by atoms with van der Waals surface area (Å²) in [5.74, 6) is -0.269. The second-order valence-corrected chi connectivity index (χ2v) is 8.89. The standard InChI is InChI=1S/C25H29N7O2/c1-4-26-18-7-9-31(10-8-18)22-6-5-20(23-21(22)14-30(3)29-23)25(34)28-19-11-17(15-33)24-27-16(2)12-32(24)13-19/h5-6,11-15,18,26H,4,7-10H2,1-3H3,(H,28,34). The van der Waals surface area contributed by atoms with Crippen LogP contribution in [0.4, 0.5) is 11.4 Å². The number of aromatic nitrogens is 4. The zero-order chi connectivity index (χ0) is 23.8. The Balaban J connectivity index is 1.44. The van der Waals surface area contributed by atoms with E-state index in [0.717, 1.165) is 55.5 Å². The summed E-state index contributed by atoms with van der Waals surface area (Å²) < 4.78 is 3.51. The molecule has 3 aromatic heterocycles. The van der Waals surface area contributed by atoms with E-state index in [1.165, 1.54) is 0 Å². The van der Waals surface area contributed by atoms with Crippen molar-refractivity contribution in [2.45, 2.75) is 32.7 Å². The molecule has 0 bridgehead atoms. The third kappa shape index (κ3) is 4.03. The predicted octanol–water partition coefficient (Wildman–Crippen LogP) is 3.17. The molecule has 5 rings (SSSR count). The Morgan fingerprint density at radius 1 is 1.21 bits per heavy atom. The van der Waals surface area contributed by atoms with Gasteiger partial charge in [0, 0.05) is 55.8 Å². The monoisotopic (exact) mass is 459 g/mol. The molecule has 0 unspecified atom stereocenters. The van der Waals surface area contributed by atoms with Gasteiger partial charge in [-0.25, -0.2) is 4.98 Å². The van der Waals surface area contributed by atoms with Crippen molar-refractivity contribution in [3.05, 3.63) is 53.6 Å². The first kappa shape index (κ1) is 22.1.